The maximum Gasteiger partial charge on any atom is 0.469 e. The zero-order valence-electron chi connectivity index (χ0n) is 28.8. The Kier molecular flexibility index (Phi) is 12.1. The van der Waals surface area contributed by atoms with Gasteiger partial charge in [0.05, 0.1) is 31.5 Å². The zero-order chi connectivity index (χ0) is 39.6. The molecule has 1 heterocycles. The van der Waals surface area contributed by atoms with Crippen molar-refractivity contribution >= 4 is 39.4 Å². The van der Waals surface area contributed by atoms with Gasteiger partial charge in [-0.25, -0.2) is 18.7 Å². The van der Waals surface area contributed by atoms with Crippen molar-refractivity contribution in [2.24, 2.45) is 0 Å². The third-order valence-electron chi connectivity index (χ3n) is 7.76. The molecule has 6 N–H and O–H groups in total. The van der Waals surface area contributed by atoms with Crippen LogP contribution in [0.3, 0.4) is 0 Å². The Hall–Kier alpha value is -5.16. The molecule has 0 radical (unpaired) electrons. The van der Waals surface area contributed by atoms with E-state index >= 15 is 0 Å². The summed E-state index contributed by atoms with van der Waals surface area (Å²) >= 11 is 0. The van der Waals surface area contributed by atoms with Crippen LogP contribution in [-0.2, 0) is 31.4 Å². The second-order valence-electron chi connectivity index (χ2n) is 11.7. The van der Waals surface area contributed by atoms with E-state index in [0.717, 1.165) is 21.9 Å². The van der Waals surface area contributed by atoms with Crippen LogP contribution in [0, 0.1) is 0 Å². The third-order valence-corrected chi connectivity index (χ3v) is 8.69. The first-order valence-electron chi connectivity index (χ1n) is 15.2. The monoisotopic (exact) mass is 775 g/mol. The van der Waals surface area contributed by atoms with Crippen molar-refractivity contribution in [3.63, 3.8) is 0 Å². The highest BCUT2D eigenvalue weighted by atomic mass is 31.2. The molecule has 3 aromatic carbocycles. The zero-order valence-corrected chi connectivity index (χ0v) is 30.6. The number of carbonyl (C=O) groups is 4. The van der Waals surface area contributed by atoms with Gasteiger partial charge in [0.15, 0.2) is 0 Å². The summed E-state index contributed by atoms with van der Waals surface area (Å²) in [5.41, 5.74) is -3.79. The van der Waals surface area contributed by atoms with Crippen LogP contribution in [0.1, 0.15) is 52.8 Å². The summed E-state index contributed by atoms with van der Waals surface area (Å²) in [6.45, 7) is -1.87. The predicted molar refractivity (Wildman–Crippen MR) is 187 cm³/mol. The molecule has 0 saturated heterocycles. The van der Waals surface area contributed by atoms with Crippen LogP contribution in [-0.4, -0.2) is 103 Å². The molecule has 0 saturated carbocycles. The molecule has 0 aliphatic carbocycles. The van der Waals surface area contributed by atoms with Crippen molar-refractivity contribution in [2.75, 3.05) is 35.3 Å². The summed E-state index contributed by atoms with van der Waals surface area (Å²) in [7, 11) is -3.59. The van der Waals surface area contributed by atoms with Crippen LogP contribution in [0.5, 0.6) is 5.75 Å². The molecule has 1 aromatic heterocycles. The van der Waals surface area contributed by atoms with Crippen molar-refractivity contribution in [3.05, 3.63) is 94.3 Å². The third kappa shape index (κ3) is 8.90. The Labute approximate surface area is 301 Å². The maximum atomic E-state index is 14.5. The molecule has 18 nitrogen and oxygen atoms in total. The lowest BCUT2D eigenvalue weighted by Crippen LogP contribution is -2.28. The van der Waals surface area contributed by atoms with Gasteiger partial charge in [0.2, 0.25) is 0 Å². The minimum atomic E-state index is -5.21. The normalized spacial score (nSPS) is 11.6. The van der Waals surface area contributed by atoms with Gasteiger partial charge in [-0.3, -0.25) is 23.2 Å². The quantitative estimate of drug-likeness (QED) is 0.0994. The van der Waals surface area contributed by atoms with E-state index in [9.17, 15) is 58.1 Å². The molecule has 0 atom stereocenters. The van der Waals surface area contributed by atoms with E-state index < -0.39 is 97.4 Å². The summed E-state index contributed by atoms with van der Waals surface area (Å²) in [6.07, 6.45) is 0. The average molecular weight is 776 g/mol. The van der Waals surface area contributed by atoms with Crippen LogP contribution in [0.25, 0.3) is 27.9 Å². The number of rotatable bonds is 14. The highest BCUT2D eigenvalue weighted by molar-refractivity contribution is 7.46. The number of phosphoric ester groups is 2. The van der Waals surface area contributed by atoms with Crippen LogP contribution >= 0.6 is 15.6 Å². The minimum Gasteiger partial charge on any atom is -0.497 e. The van der Waals surface area contributed by atoms with Gasteiger partial charge in [-0.15, -0.1) is 0 Å². The highest BCUT2D eigenvalue weighted by Crippen LogP contribution is 2.49. The Morgan fingerprint density at radius 3 is 1.30 bits per heavy atom. The van der Waals surface area contributed by atoms with Crippen LogP contribution in [0.15, 0.2) is 60.7 Å². The lowest BCUT2D eigenvalue weighted by molar-refractivity contribution is 0.0686. The van der Waals surface area contributed by atoms with Gasteiger partial charge in [-0.2, -0.15) is 0 Å². The molecular formula is C33H35N3O15P2. The van der Waals surface area contributed by atoms with Gasteiger partial charge in [-0.05, 0) is 47.5 Å². The Balaban J connectivity index is 2.47. The largest absolute Gasteiger partial charge is 0.497 e. The number of methoxy groups -OCH3 is 1. The van der Waals surface area contributed by atoms with Gasteiger partial charge in [0, 0.05) is 56.1 Å². The summed E-state index contributed by atoms with van der Waals surface area (Å²) < 4.78 is 39.8. The minimum absolute atomic E-state index is 0.121. The summed E-state index contributed by atoms with van der Waals surface area (Å²) in [5.74, 6) is -4.53. The average Bonchev–Trinajstić information content (AvgIpc) is 3.42. The van der Waals surface area contributed by atoms with E-state index in [4.69, 9.17) is 13.8 Å². The summed E-state index contributed by atoms with van der Waals surface area (Å²) in [5, 5.41) is 21.0. The van der Waals surface area contributed by atoms with Crippen molar-refractivity contribution < 1.29 is 71.9 Å². The lowest BCUT2D eigenvalue weighted by Gasteiger charge is -2.20. The molecule has 0 fully saturated rings. The number of amides is 2. The standard InChI is InChI=1S/C33H35N3O15P2/c1-34(2)30(37)28-26(24-18(16-50-52(43,44)45)8-6-10-22(24)32(39)40)27(25-19(17-51-53(46,47)48)9-7-11-23(25)33(41)42)29(31(38)35(3)4)36(28)20-12-14-21(49-5)15-13-20/h6-15H,16-17H2,1-5H3,(H,39,40)(H,41,42)(H2,43,44,45)(H2,46,47,48). The molecule has 282 valence electrons. The molecule has 4 rings (SSSR count). The number of phosphoric acid groups is 2. The summed E-state index contributed by atoms with van der Waals surface area (Å²) in [4.78, 5) is 95.6. The first-order chi connectivity index (χ1) is 24.7. The Morgan fingerprint density at radius 2 is 1.00 bits per heavy atom. The van der Waals surface area contributed by atoms with Crippen molar-refractivity contribution in [1.82, 2.24) is 14.4 Å². The molecule has 0 spiro atoms. The predicted octanol–water partition coefficient (Wildman–Crippen LogP) is 3.84. The van der Waals surface area contributed by atoms with E-state index in [0.29, 0.717) is 5.75 Å². The number of carboxylic acid groups (broad SMARTS) is 2. The second kappa shape index (κ2) is 15.8. The molecule has 53 heavy (non-hydrogen) atoms. The molecule has 0 aliphatic rings. The van der Waals surface area contributed by atoms with Crippen molar-refractivity contribution in [1.29, 1.82) is 0 Å². The first-order valence-corrected chi connectivity index (χ1v) is 18.2. The SMILES string of the molecule is COc1ccc(-n2c(C(=O)N(C)C)c(-c3c(COP(=O)(O)O)cccc3C(=O)O)c(-c3c(COP(=O)(O)O)cccc3C(=O)O)c2C(=O)N(C)C)cc1. The molecule has 2 amide bonds. The van der Waals surface area contributed by atoms with Gasteiger partial charge < -0.3 is 44.3 Å². The first kappa shape index (κ1) is 40.6. The number of aromatic nitrogens is 1. The van der Waals surface area contributed by atoms with Crippen LogP contribution < -0.4 is 4.74 Å². The fourth-order valence-electron chi connectivity index (χ4n) is 5.57. The second-order valence-corrected chi connectivity index (χ2v) is 14.2. The van der Waals surface area contributed by atoms with Gasteiger partial charge in [0.1, 0.15) is 17.1 Å². The fourth-order valence-corrected chi connectivity index (χ4v) is 6.19. The van der Waals surface area contributed by atoms with Crippen molar-refractivity contribution in [2.45, 2.75) is 13.2 Å². The highest BCUT2D eigenvalue weighted by Gasteiger charge is 2.39. The fraction of sp³-hybridized carbons (Fsp3) is 0.212. The van der Waals surface area contributed by atoms with E-state index in [-0.39, 0.29) is 16.8 Å². The topological polar surface area (TPSA) is 263 Å². The maximum absolute atomic E-state index is 14.5. The molecule has 0 aliphatic heterocycles. The number of hydrogen-bond donors (Lipinski definition) is 6. The van der Waals surface area contributed by atoms with E-state index in [1.165, 1.54) is 88.4 Å². The smallest absolute Gasteiger partial charge is 0.469 e. The molecular weight excluding hydrogens is 740 g/mol. The van der Waals surface area contributed by atoms with E-state index in [1.807, 2.05) is 0 Å². The number of ether oxygens (including phenoxy) is 1. The Morgan fingerprint density at radius 1 is 0.623 bits per heavy atom. The molecule has 0 bridgehead atoms. The van der Waals surface area contributed by atoms with Gasteiger partial charge in [-0.1, -0.05) is 24.3 Å². The number of nitrogens with zero attached hydrogens (tertiary/aromatic N) is 3. The van der Waals surface area contributed by atoms with Crippen LogP contribution in [0.4, 0.5) is 0 Å². The molecule has 20 heteroatoms. The number of aromatic carboxylic acids is 2. The number of hydrogen-bond acceptors (Lipinski definition) is 9. The lowest BCUT2D eigenvalue weighted by atomic mass is 9.85. The molecule has 4 aromatic rings. The van der Waals surface area contributed by atoms with Gasteiger partial charge >= 0.3 is 27.6 Å². The number of carboxylic acids is 2. The summed E-state index contributed by atoms with van der Waals surface area (Å²) in [6, 6.07) is 13.2. The van der Waals surface area contributed by atoms with Crippen molar-refractivity contribution in [3.8, 4) is 33.7 Å². The van der Waals surface area contributed by atoms with Gasteiger partial charge in [0.25, 0.3) is 11.8 Å². The number of benzene rings is 3. The Bertz CT molecular complexity index is 2060. The van der Waals surface area contributed by atoms with E-state index in [2.05, 4.69) is 0 Å². The van der Waals surface area contributed by atoms with E-state index in [1.54, 1.807) is 0 Å². The van der Waals surface area contributed by atoms with Crippen LogP contribution in [0.2, 0.25) is 0 Å². The molecule has 0 unspecified atom stereocenters. The number of carbonyl (C=O) groups excluding carboxylic acids is 2.